The van der Waals surface area contributed by atoms with Crippen LogP contribution in [0, 0.1) is 12.3 Å². The Bertz CT molecular complexity index is 185. The Kier molecular flexibility index (Phi) is 2.16. The fourth-order valence-electron chi connectivity index (χ4n) is 0.998. The van der Waals surface area contributed by atoms with E-state index in [1.165, 1.54) is 0 Å². The SMILES string of the molecule is C#CC1(O)COC(CO)C1O. The maximum atomic E-state index is 9.35. The van der Waals surface area contributed by atoms with Gasteiger partial charge in [-0.05, 0) is 0 Å². The van der Waals surface area contributed by atoms with Gasteiger partial charge in [0, 0.05) is 0 Å². The van der Waals surface area contributed by atoms with Crippen molar-refractivity contribution in [3.8, 4) is 12.3 Å². The Morgan fingerprint density at radius 1 is 1.73 bits per heavy atom. The largest absolute Gasteiger partial charge is 0.394 e. The molecule has 0 aromatic heterocycles. The molecule has 3 atom stereocenters. The quantitative estimate of drug-likeness (QED) is 0.390. The molecule has 1 fully saturated rings. The molecule has 4 heteroatoms. The number of hydrogen-bond donors (Lipinski definition) is 3. The zero-order valence-corrected chi connectivity index (χ0v) is 5.90. The molecule has 3 unspecified atom stereocenters. The van der Waals surface area contributed by atoms with E-state index in [1.807, 2.05) is 5.92 Å². The second kappa shape index (κ2) is 2.80. The summed E-state index contributed by atoms with van der Waals surface area (Å²) in [5, 5.41) is 27.2. The minimum absolute atomic E-state index is 0.129. The first-order chi connectivity index (χ1) is 5.14. The molecule has 0 amide bonds. The van der Waals surface area contributed by atoms with Crippen LogP contribution in [0.5, 0.6) is 0 Å². The highest BCUT2D eigenvalue weighted by molar-refractivity contribution is 5.16. The summed E-state index contributed by atoms with van der Waals surface area (Å²) in [7, 11) is 0. The summed E-state index contributed by atoms with van der Waals surface area (Å²) < 4.78 is 4.83. The van der Waals surface area contributed by atoms with E-state index in [4.69, 9.17) is 16.3 Å². The van der Waals surface area contributed by atoms with Crippen molar-refractivity contribution in [1.82, 2.24) is 0 Å². The van der Waals surface area contributed by atoms with E-state index in [1.54, 1.807) is 0 Å². The lowest BCUT2D eigenvalue weighted by atomic mass is 9.98. The first kappa shape index (κ1) is 8.50. The standard InChI is InChI=1S/C7H10O4/c1-2-7(10)4-11-5(3-8)6(7)9/h1,5-6,8-10H,3-4H2. The molecule has 0 aromatic carbocycles. The monoisotopic (exact) mass is 158 g/mol. The molecule has 3 N–H and O–H groups in total. The summed E-state index contributed by atoms with van der Waals surface area (Å²) in [4.78, 5) is 0. The van der Waals surface area contributed by atoms with Gasteiger partial charge in [0.15, 0.2) is 5.60 Å². The molecule has 11 heavy (non-hydrogen) atoms. The van der Waals surface area contributed by atoms with Crippen molar-refractivity contribution in [3.63, 3.8) is 0 Å². The summed E-state index contributed by atoms with van der Waals surface area (Å²) in [5.74, 6) is 2.02. The molecule has 1 heterocycles. The molecule has 0 saturated carbocycles. The molecule has 0 bridgehead atoms. The van der Waals surface area contributed by atoms with Crippen molar-refractivity contribution < 1.29 is 20.1 Å². The molecule has 1 rings (SSSR count). The average Bonchev–Trinajstić information content (AvgIpc) is 2.31. The number of hydrogen-bond acceptors (Lipinski definition) is 4. The first-order valence-electron chi connectivity index (χ1n) is 3.24. The van der Waals surface area contributed by atoms with Gasteiger partial charge < -0.3 is 20.1 Å². The van der Waals surface area contributed by atoms with Gasteiger partial charge in [-0.2, -0.15) is 0 Å². The average molecular weight is 158 g/mol. The summed E-state index contributed by atoms with van der Waals surface area (Å²) >= 11 is 0. The summed E-state index contributed by atoms with van der Waals surface area (Å²) in [6.45, 7) is -0.471. The molecule has 62 valence electrons. The highest BCUT2D eigenvalue weighted by Gasteiger charge is 2.46. The molecule has 0 radical (unpaired) electrons. The van der Waals surface area contributed by atoms with E-state index in [9.17, 15) is 10.2 Å². The van der Waals surface area contributed by atoms with Crippen molar-refractivity contribution in [2.75, 3.05) is 13.2 Å². The minimum Gasteiger partial charge on any atom is -0.394 e. The topological polar surface area (TPSA) is 69.9 Å². The normalized spacial score (nSPS) is 43.8. The molecule has 1 aliphatic rings. The van der Waals surface area contributed by atoms with Gasteiger partial charge in [0.1, 0.15) is 12.2 Å². The van der Waals surface area contributed by atoms with Gasteiger partial charge in [-0.15, -0.1) is 6.42 Å². The van der Waals surface area contributed by atoms with Gasteiger partial charge >= 0.3 is 0 Å². The molecule has 0 aliphatic carbocycles. The minimum atomic E-state index is -1.63. The lowest BCUT2D eigenvalue weighted by Gasteiger charge is -2.19. The van der Waals surface area contributed by atoms with E-state index in [-0.39, 0.29) is 13.2 Å². The van der Waals surface area contributed by atoms with Crippen LogP contribution in [0.3, 0.4) is 0 Å². The Hall–Kier alpha value is -0.600. The van der Waals surface area contributed by atoms with Crippen LogP contribution in [0.2, 0.25) is 0 Å². The third-order valence-electron chi connectivity index (χ3n) is 1.79. The molecular formula is C7H10O4. The van der Waals surface area contributed by atoms with Crippen molar-refractivity contribution in [2.45, 2.75) is 17.8 Å². The van der Waals surface area contributed by atoms with Crippen LogP contribution in [-0.2, 0) is 4.74 Å². The Labute approximate surface area is 64.4 Å². The highest BCUT2D eigenvalue weighted by Crippen LogP contribution is 2.23. The van der Waals surface area contributed by atoms with Gasteiger partial charge in [0.2, 0.25) is 0 Å². The van der Waals surface area contributed by atoms with Gasteiger partial charge in [-0.25, -0.2) is 0 Å². The predicted octanol–water partition coefficient (Wildman–Crippen LogP) is -1.90. The third-order valence-corrected chi connectivity index (χ3v) is 1.79. The van der Waals surface area contributed by atoms with E-state index in [2.05, 4.69) is 0 Å². The van der Waals surface area contributed by atoms with Crippen molar-refractivity contribution in [2.24, 2.45) is 0 Å². The van der Waals surface area contributed by atoms with Crippen LogP contribution in [0.1, 0.15) is 0 Å². The van der Waals surface area contributed by atoms with Crippen molar-refractivity contribution in [3.05, 3.63) is 0 Å². The zero-order valence-electron chi connectivity index (χ0n) is 5.90. The number of ether oxygens (including phenoxy) is 1. The summed E-state index contributed by atoms with van der Waals surface area (Å²) in [5.41, 5.74) is -1.63. The van der Waals surface area contributed by atoms with E-state index in [0.717, 1.165) is 0 Å². The van der Waals surface area contributed by atoms with Gasteiger partial charge in [0.25, 0.3) is 0 Å². The van der Waals surface area contributed by atoms with Crippen LogP contribution in [0.25, 0.3) is 0 Å². The fraction of sp³-hybridized carbons (Fsp3) is 0.714. The summed E-state index contributed by atoms with van der Waals surface area (Å²) in [6.07, 6.45) is 2.99. The van der Waals surface area contributed by atoms with E-state index < -0.39 is 17.8 Å². The van der Waals surface area contributed by atoms with Crippen LogP contribution in [0.15, 0.2) is 0 Å². The second-order valence-corrected chi connectivity index (χ2v) is 2.55. The van der Waals surface area contributed by atoms with E-state index >= 15 is 0 Å². The molecule has 1 aliphatic heterocycles. The molecular weight excluding hydrogens is 148 g/mol. The van der Waals surface area contributed by atoms with Crippen LogP contribution in [0.4, 0.5) is 0 Å². The van der Waals surface area contributed by atoms with Crippen molar-refractivity contribution in [1.29, 1.82) is 0 Å². The van der Waals surface area contributed by atoms with Crippen LogP contribution < -0.4 is 0 Å². The maximum Gasteiger partial charge on any atom is 0.176 e. The lowest BCUT2D eigenvalue weighted by Crippen LogP contribution is -2.43. The molecule has 1 saturated heterocycles. The van der Waals surface area contributed by atoms with E-state index in [0.29, 0.717) is 0 Å². The number of aliphatic hydroxyl groups excluding tert-OH is 2. The number of rotatable bonds is 1. The fourth-order valence-corrected chi connectivity index (χ4v) is 0.998. The second-order valence-electron chi connectivity index (χ2n) is 2.55. The highest BCUT2D eigenvalue weighted by atomic mass is 16.5. The van der Waals surface area contributed by atoms with Gasteiger partial charge in [0.05, 0.1) is 13.2 Å². The van der Waals surface area contributed by atoms with Gasteiger partial charge in [-0.1, -0.05) is 5.92 Å². The molecule has 0 aromatic rings. The molecule has 4 nitrogen and oxygen atoms in total. The molecule has 0 spiro atoms. The number of terminal acetylenes is 1. The zero-order chi connectivity index (χ0) is 8.48. The number of aliphatic hydroxyl groups is 3. The van der Waals surface area contributed by atoms with Crippen LogP contribution >= 0.6 is 0 Å². The summed E-state index contributed by atoms with van der Waals surface area (Å²) in [6, 6.07) is 0. The third kappa shape index (κ3) is 1.24. The lowest BCUT2D eigenvalue weighted by molar-refractivity contribution is -0.0236. The first-order valence-corrected chi connectivity index (χ1v) is 3.24. The van der Waals surface area contributed by atoms with Crippen LogP contribution in [-0.4, -0.2) is 46.3 Å². The predicted molar refractivity (Wildman–Crippen MR) is 36.6 cm³/mol. The maximum absolute atomic E-state index is 9.35. The van der Waals surface area contributed by atoms with Gasteiger partial charge in [-0.3, -0.25) is 0 Å². The Balaban J connectivity index is 2.71. The smallest absolute Gasteiger partial charge is 0.176 e. The Morgan fingerprint density at radius 2 is 2.36 bits per heavy atom. The van der Waals surface area contributed by atoms with Crippen molar-refractivity contribution >= 4 is 0 Å². The Morgan fingerprint density at radius 3 is 2.64 bits per heavy atom.